The molecule has 0 radical (unpaired) electrons. The number of rotatable bonds is 12. The van der Waals surface area contributed by atoms with Crippen molar-refractivity contribution in [3.05, 3.63) is 0 Å². The van der Waals surface area contributed by atoms with Gasteiger partial charge in [0.1, 0.15) is 0 Å². The first-order valence-corrected chi connectivity index (χ1v) is 5.71. The Morgan fingerprint density at radius 2 is 1.47 bits per heavy atom. The topological polar surface area (TPSA) is 39.7 Å². The van der Waals surface area contributed by atoms with Crippen molar-refractivity contribution in [2.45, 2.75) is 19.3 Å². The van der Waals surface area contributed by atoms with Crippen molar-refractivity contribution in [3.63, 3.8) is 0 Å². The zero-order valence-electron chi connectivity index (χ0n) is 10.1. The average molecular weight is 219 g/mol. The Morgan fingerprint density at radius 1 is 0.800 bits per heavy atom. The van der Waals surface area contributed by atoms with E-state index in [1.54, 1.807) is 7.11 Å². The fourth-order valence-electron chi connectivity index (χ4n) is 1.11. The molecule has 0 fully saturated rings. The van der Waals surface area contributed by atoms with E-state index in [-0.39, 0.29) is 0 Å². The molecular formula is C11H25NO3. The second-order valence-electron chi connectivity index (χ2n) is 3.38. The minimum Gasteiger partial charge on any atom is -0.382 e. The standard InChI is InChI=1S/C11H25NO3/c1-12-6-9-14-7-4-3-5-8-15-11-10-13-2/h12H,3-11H2,1-2H3. The Hall–Kier alpha value is -0.160. The summed E-state index contributed by atoms with van der Waals surface area (Å²) in [7, 11) is 3.62. The lowest BCUT2D eigenvalue weighted by Crippen LogP contribution is -2.14. The molecule has 0 unspecified atom stereocenters. The van der Waals surface area contributed by atoms with Crippen LogP contribution in [-0.2, 0) is 14.2 Å². The Balaban J connectivity index is 2.81. The molecule has 0 bridgehead atoms. The van der Waals surface area contributed by atoms with Crippen LogP contribution in [0, 0.1) is 0 Å². The molecule has 15 heavy (non-hydrogen) atoms. The average Bonchev–Trinajstić information content (AvgIpc) is 2.26. The molecule has 0 aromatic carbocycles. The Labute approximate surface area is 93.3 Å². The Morgan fingerprint density at radius 3 is 2.07 bits per heavy atom. The summed E-state index contributed by atoms with van der Waals surface area (Å²) in [6.45, 7) is 4.82. The molecule has 0 heterocycles. The quantitative estimate of drug-likeness (QED) is 0.498. The largest absolute Gasteiger partial charge is 0.382 e. The van der Waals surface area contributed by atoms with Crippen molar-refractivity contribution in [1.29, 1.82) is 0 Å². The van der Waals surface area contributed by atoms with Crippen LogP contribution < -0.4 is 5.32 Å². The van der Waals surface area contributed by atoms with Crippen molar-refractivity contribution < 1.29 is 14.2 Å². The maximum atomic E-state index is 5.40. The third-order valence-electron chi connectivity index (χ3n) is 2.01. The highest BCUT2D eigenvalue weighted by Gasteiger charge is 1.91. The van der Waals surface area contributed by atoms with Crippen LogP contribution in [0.4, 0.5) is 0 Å². The molecule has 0 atom stereocenters. The summed E-state index contributed by atoms with van der Waals surface area (Å²) >= 11 is 0. The molecule has 0 spiro atoms. The van der Waals surface area contributed by atoms with Gasteiger partial charge in [0.15, 0.2) is 0 Å². The van der Waals surface area contributed by atoms with Crippen LogP contribution in [0.1, 0.15) is 19.3 Å². The van der Waals surface area contributed by atoms with Crippen LogP contribution in [-0.4, -0.2) is 53.7 Å². The van der Waals surface area contributed by atoms with Crippen LogP contribution in [0.2, 0.25) is 0 Å². The molecule has 1 N–H and O–H groups in total. The van der Waals surface area contributed by atoms with Gasteiger partial charge in [-0.05, 0) is 26.3 Å². The van der Waals surface area contributed by atoms with E-state index in [1.165, 1.54) is 6.42 Å². The van der Waals surface area contributed by atoms with Gasteiger partial charge in [-0.3, -0.25) is 0 Å². The van der Waals surface area contributed by atoms with Crippen molar-refractivity contribution in [3.8, 4) is 0 Å². The molecule has 0 aromatic heterocycles. The normalized spacial score (nSPS) is 10.8. The second-order valence-corrected chi connectivity index (χ2v) is 3.38. The van der Waals surface area contributed by atoms with Crippen molar-refractivity contribution in [1.82, 2.24) is 5.32 Å². The van der Waals surface area contributed by atoms with E-state index in [2.05, 4.69) is 5.32 Å². The molecule has 0 rings (SSSR count). The Kier molecular flexibility index (Phi) is 13.7. The minimum absolute atomic E-state index is 0.688. The lowest BCUT2D eigenvalue weighted by molar-refractivity contribution is 0.0669. The Bertz CT molecular complexity index is 100. The summed E-state index contributed by atoms with van der Waals surface area (Å²) in [4.78, 5) is 0. The molecule has 0 saturated carbocycles. The molecule has 0 amide bonds. The SMILES string of the molecule is CNCCOCCCCCOCCOC. The van der Waals surface area contributed by atoms with E-state index < -0.39 is 0 Å². The van der Waals surface area contributed by atoms with Gasteiger partial charge in [-0.1, -0.05) is 0 Å². The molecule has 0 aliphatic heterocycles. The van der Waals surface area contributed by atoms with E-state index in [0.717, 1.165) is 39.2 Å². The number of unbranched alkanes of at least 4 members (excludes halogenated alkanes) is 2. The number of methoxy groups -OCH3 is 1. The lowest BCUT2D eigenvalue weighted by Gasteiger charge is -2.04. The molecule has 0 saturated heterocycles. The molecule has 92 valence electrons. The monoisotopic (exact) mass is 219 g/mol. The summed E-state index contributed by atoms with van der Waals surface area (Å²) < 4.78 is 15.6. The number of hydrogen-bond acceptors (Lipinski definition) is 4. The summed E-state index contributed by atoms with van der Waals surface area (Å²) in [6.07, 6.45) is 3.41. The molecule has 0 aliphatic carbocycles. The lowest BCUT2D eigenvalue weighted by atomic mass is 10.2. The molecule has 0 aromatic rings. The molecule has 4 heteroatoms. The van der Waals surface area contributed by atoms with Gasteiger partial charge in [0.25, 0.3) is 0 Å². The van der Waals surface area contributed by atoms with E-state index in [1.807, 2.05) is 7.05 Å². The van der Waals surface area contributed by atoms with Crippen LogP contribution >= 0.6 is 0 Å². The highest BCUT2D eigenvalue weighted by molar-refractivity contribution is 4.42. The molecule has 4 nitrogen and oxygen atoms in total. The maximum absolute atomic E-state index is 5.40. The summed E-state index contributed by atoms with van der Waals surface area (Å²) in [5.41, 5.74) is 0. The number of ether oxygens (including phenoxy) is 3. The van der Waals surface area contributed by atoms with Gasteiger partial charge in [0, 0.05) is 26.9 Å². The van der Waals surface area contributed by atoms with Crippen molar-refractivity contribution in [2.24, 2.45) is 0 Å². The van der Waals surface area contributed by atoms with Gasteiger partial charge in [0.2, 0.25) is 0 Å². The van der Waals surface area contributed by atoms with Crippen molar-refractivity contribution >= 4 is 0 Å². The molecule has 0 aliphatic rings. The zero-order chi connectivity index (χ0) is 11.2. The second kappa shape index (κ2) is 13.8. The first-order valence-electron chi connectivity index (χ1n) is 5.71. The fourth-order valence-corrected chi connectivity index (χ4v) is 1.11. The predicted molar refractivity (Wildman–Crippen MR) is 61.3 cm³/mol. The van der Waals surface area contributed by atoms with Gasteiger partial charge in [-0.15, -0.1) is 0 Å². The first-order chi connectivity index (χ1) is 7.41. The minimum atomic E-state index is 0.688. The van der Waals surface area contributed by atoms with Gasteiger partial charge in [0.05, 0.1) is 19.8 Å². The van der Waals surface area contributed by atoms with E-state index in [9.17, 15) is 0 Å². The van der Waals surface area contributed by atoms with Gasteiger partial charge in [-0.2, -0.15) is 0 Å². The van der Waals surface area contributed by atoms with Gasteiger partial charge < -0.3 is 19.5 Å². The zero-order valence-corrected chi connectivity index (χ0v) is 10.1. The summed E-state index contributed by atoms with van der Waals surface area (Å²) in [5.74, 6) is 0. The first kappa shape index (κ1) is 14.8. The highest BCUT2D eigenvalue weighted by Crippen LogP contribution is 1.96. The van der Waals surface area contributed by atoms with Crippen molar-refractivity contribution in [2.75, 3.05) is 53.7 Å². The van der Waals surface area contributed by atoms with E-state index in [0.29, 0.717) is 13.2 Å². The number of likely N-dealkylation sites (N-methyl/N-ethyl adjacent to an activating group) is 1. The van der Waals surface area contributed by atoms with Crippen LogP contribution in [0.15, 0.2) is 0 Å². The van der Waals surface area contributed by atoms with Gasteiger partial charge >= 0.3 is 0 Å². The smallest absolute Gasteiger partial charge is 0.0700 e. The van der Waals surface area contributed by atoms with Crippen LogP contribution in [0.25, 0.3) is 0 Å². The third-order valence-corrected chi connectivity index (χ3v) is 2.01. The fraction of sp³-hybridized carbons (Fsp3) is 1.00. The summed E-state index contributed by atoms with van der Waals surface area (Å²) in [6, 6.07) is 0. The molecular weight excluding hydrogens is 194 g/mol. The highest BCUT2D eigenvalue weighted by atomic mass is 16.5. The van der Waals surface area contributed by atoms with E-state index >= 15 is 0 Å². The summed E-state index contributed by atoms with van der Waals surface area (Å²) in [5, 5.41) is 3.04. The number of hydrogen-bond donors (Lipinski definition) is 1. The third kappa shape index (κ3) is 13.8. The van der Waals surface area contributed by atoms with Gasteiger partial charge in [-0.25, -0.2) is 0 Å². The van der Waals surface area contributed by atoms with Crippen LogP contribution in [0.3, 0.4) is 0 Å². The van der Waals surface area contributed by atoms with Crippen LogP contribution in [0.5, 0.6) is 0 Å². The maximum Gasteiger partial charge on any atom is 0.0700 e. The predicted octanol–water partition coefficient (Wildman–Crippen LogP) is 1.06. The number of nitrogens with one attached hydrogen (secondary N) is 1. The van der Waals surface area contributed by atoms with E-state index in [4.69, 9.17) is 14.2 Å².